The van der Waals surface area contributed by atoms with Crippen LogP contribution in [0.25, 0.3) is 0 Å². The number of nitrogens with zero attached hydrogens (tertiary/aromatic N) is 2. The normalized spacial score (nSPS) is 12.2. The number of ether oxygens (including phenoxy) is 2. The first-order chi connectivity index (χ1) is 11.2. The molecule has 1 aliphatic heterocycles. The smallest absolute Gasteiger partial charge is 0.234 e. The monoisotopic (exact) mass is 352 g/mol. The molecule has 1 amide bonds. The Morgan fingerprint density at radius 1 is 1.35 bits per heavy atom. The average Bonchev–Trinajstić information content (AvgIpc) is 3.19. The highest BCUT2D eigenvalue weighted by atomic mass is 32.2. The minimum absolute atomic E-state index is 0.105. The predicted octanol–water partition coefficient (Wildman–Crippen LogP) is 2.82. The summed E-state index contributed by atoms with van der Waals surface area (Å²) in [6.45, 7) is 3.17. The Hall–Kier alpha value is -2.00. The van der Waals surface area contributed by atoms with Gasteiger partial charge in [-0.3, -0.25) is 4.79 Å². The number of rotatable bonds is 7. The standard InChI is InChI=1S/C14H16N4O3S2/c1-2-5-15-13-17-18-14(23-13)22-7-12(19)16-9-3-4-10-11(6-9)21-8-20-10/h3-4,6H,2,5,7-8H2,1H3,(H,15,17)(H,16,19). The van der Waals surface area contributed by atoms with Crippen molar-refractivity contribution in [3.05, 3.63) is 18.2 Å². The summed E-state index contributed by atoms with van der Waals surface area (Å²) in [4.78, 5) is 12.0. The topological polar surface area (TPSA) is 85.4 Å². The van der Waals surface area contributed by atoms with Crippen molar-refractivity contribution < 1.29 is 14.3 Å². The fourth-order valence-electron chi connectivity index (χ4n) is 1.87. The Kier molecular flexibility index (Phi) is 5.19. The zero-order valence-electron chi connectivity index (χ0n) is 12.5. The van der Waals surface area contributed by atoms with Crippen molar-refractivity contribution in [2.75, 3.05) is 29.7 Å². The number of nitrogens with one attached hydrogen (secondary N) is 2. The van der Waals surface area contributed by atoms with Crippen molar-refractivity contribution in [2.24, 2.45) is 0 Å². The maximum atomic E-state index is 12.0. The molecule has 0 unspecified atom stereocenters. The van der Waals surface area contributed by atoms with Crippen LogP contribution in [0, 0.1) is 0 Å². The van der Waals surface area contributed by atoms with Crippen LogP contribution in [-0.2, 0) is 4.79 Å². The van der Waals surface area contributed by atoms with Crippen molar-refractivity contribution in [1.82, 2.24) is 10.2 Å². The van der Waals surface area contributed by atoms with Gasteiger partial charge in [-0.05, 0) is 18.6 Å². The van der Waals surface area contributed by atoms with Gasteiger partial charge in [-0.1, -0.05) is 30.0 Å². The summed E-state index contributed by atoms with van der Waals surface area (Å²) in [6.07, 6.45) is 1.03. The van der Waals surface area contributed by atoms with Crippen LogP contribution in [0.15, 0.2) is 22.5 Å². The van der Waals surface area contributed by atoms with Gasteiger partial charge in [0.2, 0.25) is 17.8 Å². The molecule has 0 bridgehead atoms. The van der Waals surface area contributed by atoms with E-state index in [9.17, 15) is 4.79 Å². The average molecular weight is 352 g/mol. The fraction of sp³-hybridized carbons (Fsp3) is 0.357. The van der Waals surface area contributed by atoms with Gasteiger partial charge in [0, 0.05) is 18.3 Å². The van der Waals surface area contributed by atoms with Gasteiger partial charge in [-0.15, -0.1) is 10.2 Å². The number of carbonyl (C=O) groups excluding carboxylic acids is 1. The van der Waals surface area contributed by atoms with Crippen molar-refractivity contribution in [1.29, 1.82) is 0 Å². The molecule has 0 aliphatic carbocycles. The number of amides is 1. The summed E-state index contributed by atoms with van der Waals surface area (Å²) >= 11 is 2.81. The molecule has 2 N–H and O–H groups in total. The molecule has 1 aliphatic rings. The van der Waals surface area contributed by atoms with E-state index in [4.69, 9.17) is 9.47 Å². The van der Waals surface area contributed by atoms with Gasteiger partial charge in [0.25, 0.3) is 0 Å². The first kappa shape index (κ1) is 15.9. The van der Waals surface area contributed by atoms with Crippen LogP contribution in [0.3, 0.4) is 0 Å². The first-order valence-corrected chi connectivity index (χ1v) is 8.94. The first-order valence-electron chi connectivity index (χ1n) is 7.14. The van der Waals surface area contributed by atoms with Crippen LogP contribution < -0.4 is 20.1 Å². The number of hydrogen-bond acceptors (Lipinski definition) is 8. The summed E-state index contributed by atoms with van der Waals surface area (Å²) in [7, 11) is 0. The molecule has 2 aromatic rings. The van der Waals surface area contributed by atoms with E-state index in [0.29, 0.717) is 17.2 Å². The van der Waals surface area contributed by atoms with E-state index in [2.05, 4.69) is 27.8 Å². The van der Waals surface area contributed by atoms with Gasteiger partial charge in [-0.25, -0.2) is 0 Å². The molecule has 3 rings (SSSR count). The number of anilines is 2. The summed E-state index contributed by atoms with van der Waals surface area (Å²) in [6, 6.07) is 5.32. The summed E-state index contributed by atoms with van der Waals surface area (Å²) in [5, 5.41) is 14.9. The van der Waals surface area contributed by atoms with E-state index in [-0.39, 0.29) is 18.5 Å². The molecule has 0 radical (unpaired) electrons. The Balaban J connectivity index is 1.48. The van der Waals surface area contributed by atoms with Crippen LogP contribution >= 0.6 is 23.1 Å². The van der Waals surface area contributed by atoms with E-state index >= 15 is 0 Å². The third-order valence-electron chi connectivity index (χ3n) is 2.92. The van der Waals surface area contributed by atoms with Gasteiger partial charge in [0.05, 0.1) is 5.75 Å². The molecule has 23 heavy (non-hydrogen) atoms. The molecule has 0 fully saturated rings. The highest BCUT2D eigenvalue weighted by molar-refractivity contribution is 8.01. The van der Waals surface area contributed by atoms with Crippen LogP contribution in [0.2, 0.25) is 0 Å². The molecular formula is C14H16N4O3S2. The van der Waals surface area contributed by atoms with Crippen LogP contribution in [-0.4, -0.2) is 35.2 Å². The number of thioether (sulfide) groups is 1. The van der Waals surface area contributed by atoms with Gasteiger partial charge in [-0.2, -0.15) is 0 Å². The largest absolute Gasteiger partial charge is 0.454 e. The Morgan fingerprint density at radius 3 is 3.09 bits per heavy atom. The lowest BCUT2D eigenvalue weighted by atomic mass is 10.3. The highest BCUT2D eigenvalue weighted by Gasteiger charge is 2.14. The lowest BCUT2D eigenvalue weighted by Crippen LogP contribution is -2.13. The van der Waals surface area contributed by atoms with E-state index in [1.165, 1.54) is 23.1 Å². The molecular weight excluding hydrogens is 336 g/mol. The fourth-order valence-corrected chi connectivity index (χ4v) is 3.45. The second kappa shape index (κ2) is 7.51. The molecule has 1 aromatic heterocycles. The predicted molar refractivity (Wildman–Crippen MR) is 90.6 cm³/mol. The quantitative estimate of drug-likeness (QED) is 0.741. The van der Waals surface area contributed by atoms with Gasteiger partial charge in [0.15, 0.2) is 15.8 Å². The minimum Gasteiger partial charge on any atom is -0.454 e. The second-order valence-electron chi connectivity index (χ2n) is 4.70. The summed E-state index contributed by atoms with van der Waals surface area (Å²) in [5.74, 6) is 1.51. The Morgan fingerprint density at radius 2 is 2.22 bits per heavy atom. The molecule has 122 valence electrons. The molecule has 2 heterocycles. The van der Waals surface area contributed by atoms with Gasteiger partial charge >= 0.3 is 0 Å². The molecule has 9 heteroatoms. The molecule has 0 atom stereocenters. The lowest BCUT2D eigenvalue weighted by Gasteiger charge is -2.05. The van der Waals surface area contributed by atoms with Crippen molar-refractivity contribution in [2.45, 2.75) is 17.7 Å². The number of hydrogen-bond donors (Lipinski definition) is 2. The molecule has 0 spiro atoms. The molecule has 0 saturated heterocycles. The second-order valence-corrected chi connectivity index (χ2v) is 6.90. The summed E-state index contributed by atoms with van der Waals surface area (Å²) in [5.41, 5.74) is 0.683. The third-order valence-corrected chi connectivity index (χ3v) is 4.93. The van der Waals surface area contributed by atoms with E-state index in [1.807, 2.05) is 0 Å². The van der Waals surface area contributed by atoms with E-state index in [0.717, 1.165) is 22.4 Å². The maximum absolute atomic E-state index is 12.0. The number of fused-ring (bicyclic) bond motifs is 1. The zero-order chi connectivity index (χ0) is 16.1. The number of carbonyl (C=O) groups is 1. The number of benzene rings is 1. The molecule has 7 nitrogen and oxygen atoms in total. The number of aromatic nitrogens is 2. The summed E-state index contributed by atoms with van der Waals surface area (Å²) < 4.78 is 11.3. The lowest BCUT2D eigenvalue weighted by molar-refractivity contribution is -0.113. The third kappa shape index (κ3) is 4.26. The molecule has 1 aromatic carbocycles. The van der Waals surface area contributed by atoms with Crippen molar-refractivity contribution in [3.8, 4) is 11.5 Å². The van der Waals surface area contributed by atoms with Crippen molar-refractivity contribution >= 4 is 39.8 Å². The van der Waals surface area contributed by atoms with Crippen molar-refractivity contribution in [3.63, 3.8) is 0 Å². The highest BCUT2D eigenvalue weighted by Crippen LogP contribution is 2.34. The Labute approximate surface area is 141 Å². The van der Waals surface area contributed by atoms with Gasteiger partial charge in [0.1, 0.15) is 0 Å². The SMILES string of the molecule is CCCNc1nnc(SCC(=O)Nc2ccc3c(c2)OCO3)s1. The van der Waals surface area contributed by atoms with Crippen LogP contribution in [0.1, 0.15) is 13.3 Å². The maximum Gasteiger partial charge on any atom is 0.234 e. The van der Waals surface area contributed by atoms with Crippen LogP contribution in [0.5, 0.6) is 11.5 Å². The molecule has 0 saturated carbocycles. The zero-order valence-corrected chi connectivity index (χ0v) is 14.1. The van der Waals surface area contributed by atoms with E-state index in [1.54, 1.807) is 18.2 Å². The minimum atomic E-state index is -0.105. The van der Waals surface area contributed by atoms with Gasteiger partial charge < -0.3 is 20.1 Å². The van der Waals surface area contributed by atoms with E-state index < -0.39 is 0 Å². The Bertz CT molecular complexity index is 692. The van der Waals surface area contributed by atoms with Crippen LogP contribution in [0.4, 0.5) is 10.8 Å².